The van der Waals surface area contributed by atoms with E-state index in [2.05, 4.69) is 33.0 Å². The van der Waals surface area contributed by atoms with Crippen molar-refractivity contribution in [1.29, 1.82) is 0 Å². The van der Waals surface area contributed by atoms with Crippen LogP contribution in [0.5, 0.6) is 5.75 Å². The van der Waals surface area contributed by atoms with Crippen molar-refractivity contribution in [1.82, 2.24) is 9.88 Å². The van der Waals surface area contributed by atoms with E-state index >= 15 is 0 Å². The van der Waals surface area contributed by atoms with E-state index < -0.39 is 0 Å². The lowest BCUT2D eigenvalue weighted by atomic mass is 9.81. The molecule has 1 aromatic heterocycles. The summed E-state index contributed by atoms with van der Waals surface area (Å²) in [7, 11) is 1.67. The number of fused-ring (bicyclic) bond motifs is 2. The molecule has 1 aliphatic carbocycles. The normalized spacial score (nSPS) is 25.2. The molecular formula is C22H23BrClN3O3. The summed E-state index contributed by atoms with van der Waals surface area (Å²) in [6.07, 6.45) is 4.40. The SMILES string of the molecule is COc1ccc(CN2CC3(CCC(N4CCOC4=O)C3)c3c2ncc(Br)c3Cl)cc1. The number of halogens is 2. The van der Waals surface area contributed by atoms with Gasteiger partial charge >= 0.3 is 6.09 Å². The molecule has 2 unspecified atom stereocenters. The van der Waals surface area contributed by atoms with Gasteiger partial charge in [-0.05, 0) is 52.9 Å². The van der Waals surface area contributed by atoms with Crippen molar-refractivity contribution in [2.24, 2.45) is 0 Å². The predicted octanol–water partition coefficient (Wildman–Crippen LogP) is 4.77. The minimum atomic E-state index is -0.191. The zero-order valence-corrected chi connectivity index (χ0v) is 19.1. The van der Waals surface area contributed by atoms with Crippen LogP contribution < -0.4 is 9.64 Å². The van der Waals surface area contributed by atoms with Crippen LogP contribution in [-0.2, 0) is 16.7 Å². The molecule has 1 saturated heterocycles. The highest BCUT2D eigenvalue weighted by Crippen LogP contribution is 2.54. The number of amides is 1. The third kappa shape index (κ3) is 3.23. The number of pyridine rings is 1. The maximum Gasteiger partial charge on any atom is 0.410 e. The van der Waals surface area contributed by atoms with Crippen molar-refractivity contribution in [2.45, 2.75) is 37.3 Å². The van der Waals surface area contributed by atoms with E-state index in [0.717, 1.165) is 59.0 Å². The number of aromatic nitrogens is 1. The molecule has 1 spiro atoms. The summed E-state index contributed by atoms with van der Waals surface area (Å²) in [5.41, 5.74) is 2.20. The topological polar surface area (TPSA) is 54.9 Å². The zero-order chi connectivity index (χ0) is 20.9. The molecule has 8 heteroatoms. The summed E-state index contributed by atoms with van der Waals surface area (Å²) >= 11 is 10.4. The fraction of sp³-hybridized carbons (Fsp3) is 0.455. The highest BCUT2D eigenvalue weighted by Gasteiger charge is 2.52. The van der Waals surface area contributed by atoms with Gasteiger partial charge in [0.05, 0.1) is 23.1 Å². The summed E-state index contributed by atoms with van der Waals surface area (Å²) in [6, 6.07) is 8.32. The van der Waals surface area contributed by atoms with E-state index in [9.17, 15) is 4.79 Å². The van der Waals surface area contributed by atoms with Crippen molar-refractivity contribution >= 4 is 39.4 Å². The lowest BCUT2D eigenvalue weighted by molar-refractivity contribution is 0.147. The highest BCUT2D eigenvalue weighted by molar-refractivity contribution is 9.10. The van der Waals surface area contributed by atoms with E-state index in [-0.39, 0.29) is 17.6 Å². The molecule has 2 aromatic rings. The lowest BCUT2D eigenvalue weighted by Crippen LogP contribution is -2.37. The van der Waals surface area contributed by atoms with E-state index in [1.165, 1.54) is 5.56 Å². The lowest BCUT2D eigenvalue weighted by Gasteiger charge is -2.28. The Morgan fingerprint density at radius 3 is 2.87 bits per heavy atom. The Labute approximate surface area is 189 Å². The van der Waals surface area contributed by atoms with Gasteiger partial charge in [-0.3, -0.25) is 0 Å². The number of carbonyl (C=O) groups excluding carboxylic acids is 1. The van der Waals surface area contributed by atoms with Crippen LogP contribution in [0.3, 0.4) is 0 Å². The molecule has 0 bridgehead atoms. The molecule has 30 heavy (non-hydrogen) atoms. The van der Waals surface area contributed by atoms with Gasteiger partial charge in [0.2, 0.25) is 0 Å². The number of nitrogens with zero attached hydrogens (tertiary/aromatic N) is 3. The van der Waals surface area contributed by atoms with Gasteiger partial charge in [-0.25, -0.2) is 9.78 Å². The van der Waals surface area contributed by atoms with Gasteiger partial charge in [-0.15, -0.1) is 0 Å². The number of benzene rings is 1. The Balaban J connectivity index is 1.46. The fourth-order valence-corrected chi connectivity index (χ4v) is 5.87. The van der Waals surface area contributed by atoms with Gasteiger partial charge in [0.25, 0.3) is 0 Å². The van der Waals surface area contributed by atoms with Gasteiger partial charge in [0, 0.05) is 36.3 Å². The molecule has 0 radical (unpaired) electrons. The molecule has 1 aromatic carbocycles. The zero-order valence-electron chi connectivity index (χ0n) is 16.7. The quantitative estimate of drug-likeness (QED) is 0.615. The average Bonchev–Trinajstić information content (AvgIpc) is 3.44. The molecule has 5 rings (SSSR count). The van der Waals surface area contributed by atoms with E-state index in [1.807, 2.05) is 17.0 Å². The van der Waals surface area contributed by atoms with Crippen molar-refractivity contribution in [2.75, 3.05) is 31.7 Å². The summed E-state index contributed by atoms with van der Waals surface area (Å²) in [4.78, 5) is 21.1. The standard InChI is InChI=1S/C22H23BrClN3O3/c1-29-16-4-2-14(3-5-16)12-26-13-22(18-19(24)17(23)11-25-20(18)26)7-6-15(10-22)27-8-9-30-21(27)28/h2-5,11,15H,6-10,12-13H2,1H3. The van der Waals surface area contributed by atoms with Crippen LogP contribution in [0.2, 0.25) is 5.02 Å². The first-order valence-electron chi connectivity index (χ1n) is 10.2. The largest absolute Gasteiger partial charge is 0.497 e. The highest BCUT2D eigenvalue weighted by atomic mass is 79.9. The van der Waals surface area contributed by atoms with Gasteiger partial charge in [0.1, 0.15) is 18.2 Å². The Morgan fingerprint density at radius 2 is 2.17 bits per heavy atom. The number of ether oxygens (including phenoxy) is 2. The molecule has 3 aliphatic rings. The number of methoxy groups -OCH3 is 1. The molecule has 2 aliphatic heterocycles. The summed E-state index contributed by atoms with van der Waals surface area (Å²) in [6.45, 7) is 2.75. The van der Waals surface area contributed by atoms with Crippen LogP contribution in [-0.4, -0.2) is 48.8 Å². The molecule has 1 amide bonds. The van der Waals surface area contributed by atoms with Crippen molar-refractivity contribution in [3.05, 3.63) is 51.1 Å². The second-order valence-electron chi connectivity index (χ2n) is 8.31. The summed E-state index contributed by atoms with van der Waals surface area (Å²) < 4.78 is 11.3. The maximum atomic E-state index is 12.1. The maximum absolute atomic E-state index is 12.1. The van der Waals surface area contributed by atoms with Crippen molar-refractivity contribution in [3.63, 3.8) is 0 Å². The molecule has 1 saturated carbocycles. The molecule has 158 valence electrons. The van der Waals surface area contributed by atoms with Gasteiger partial charge in [0.15, 0.2) is 0 Å². The van der Waals surface area contributed by atoms with Crippen LogP contribution in [0, 0.1) is 0 Å². The molecule has 2 fully saturated rings. The number of rotatable bonds is 4. The number of cyclic esters (lactones) is 1. The van der Waals surface area contributed by atoms with E-state index in [0.29, 0.717) is 13.2 Å². The second kappa shape index (κ2) is 7.61. The molecule has 2 atom stereocenters. The molecule has 0 N–H and O–H groups in total. The fourth-order valence-electron chi connectivity index (χ4n) is 5.24. The van der Waals surface area contributed by atoms with Crippen molar-refractivity contribution in [3.8, 4) is 5.75 Å². The second-order valence-corrected chi connectivity index (χ2v) is 9.54. The van der Waals surface area contributed by atoms with Crippen LogP contribution in [0.15, 0.2) is 34.9 Å². The third-order valence-electron chi connectivity index (χ3n) is 6.62. The van der Waals surface area contributed by atoms with Crippen LogP contribution >= 0.6 is 27.5 Å². The van der Waals surface area contributed by atoms with Gasteiger partial charge in [-0.1, -0.05) is 23.7 Å². The first-order valence-corrected chi connectivity index (χ1v) is 11.3. The molecular weight excluding hydrogens is 470 g/mol. The van der Waals surface area contributed by atoms with Gasteiger partial charge in [-0.2, -0.15) is 0 Å². The first kappa shape index (κ1) is 19.9. The van der Waals surface area contributed by atoms with Gasteiger partial charge < -0.3 is 19.3 Å². The first-order chi connectivity index (χ1) is 14.5. The summed E-state index contributed by atoms with van der Waals surface area (Å²) in [5.74, 6) is 1.79. The van der Waals surface area contributed by atoms with E-state index in [1.54, 1.807) is 13.3 Å². The number of hydrogen-bond acceptors (Lipinski definition) is 5. The molecule has 3 heterocycles. The van der Waals surface area contributed by atoms with Crippen molar-refractivity contribution < 1.29 is 14.3 Å². The minimum Gasteiger partial charge on any atom is -0.497 e. The smallest absolute Gasteiger partial charge is 0.410 e. The Kier molecular flexibility index (Phi) is 5.06. The van der Waals surface area contributed by atoms with Crippen LogP contribution in [0.1, 0.15) is 30.4 Å². The van der Waals surface area contributed by atoms with Crippen LogP contribution in [0.4, 0.5) is 10.6 Å². The number of hydrogen-bond donors (Lipinski definition) is 0. The average molecular weight is 493 g/mol. The number of anilines is 1. The molecule has 6 nitrogen and oxygen atoms in total. The number of carbonyl (C=O) groups is 1. The predicted molar refractivity (Wildman–Crippen MR) is 118 cm³/mol. The van der Waals surface area contributed by atoms with Crippen LogP contribution in [0.25, 0.3) is 0 Å². The monoisotopic (exact) mass is 491 g/mol. The Hall–Kier alpha value is -1.99. The summed E-state index contributed by atoms with van der Waals surface area (Å²) in [5, 5.41) is 0.738. The third-order valence-corrected chi connectivity index (χ3v) is 7.85. The Bertz CT molecular complexity index is 986. The minimum absolute atomic E-state index is 0.108. The van der Waals surface area contributed by atoms with E-state index in [4.69, 9.17) is 26.1 Å². The Morgan fingerprint density at radius 1 is 1.37 bits per heavy atom.